The van der Waals surface area contributed by atoms with Gasteiger partial charge >= 0.3 is 0 Å². The van der Waals surface area contributed by atoms with E-state index in [2.05, 4.69) is 181 Å². The summed E-state index contributed by atoms with van der Waals surface area (Å²) in [6.45, 7) is 0. The van der Waals surface area contributed by atoms with Crippen LogP contribution in [-0.4, -0.2) is 4.98 Å². The highest BCUT2D eigenvalue weighted by Crippen LogP contribution is 2.43. The highest BCUT2D eigenvalue weighted by atomic mass is 32.1. The second-order valence-corrected chi connectivity index (χ2v) is 16.2. The van der Waals surface area contributed by atoms with Gasteiger partial charge in [0, 0.05) is 53.6 Å². The van der Waals surface area contributed by atoms with E-state index >= 15 is 0 Å². The van der Waals surface area contributed by atoms with Gasteiger partial charge in [-0.3, -0.25) is 0 Å². The van der Waals surface area contributed by atoms with E-state index in [9.17, 15) is 0 Å². The fourth-order valence-corrected chi connectivity index (χ4v) is 9.91. The zero-order valence-electron chi connectivity index (χ0n) is 31.8. The minimum Gasteiger partial charge on any atom is -0.435 e. The van der Waals surface area contributed by atoms with E-state index < -0.39 is 0 Å². The van der Waals surface area contributed by atoms with E-state index in [1.54, 1.807) is 0 Å². The number of hydrogen-bond acceptors (Lipinski definition) is 4. The van der Waals surface area contributed by atoms with E-state index in [0.29, 0.717) is 5.89 Å². The van der Waals surface area contributed by atoms with Crippen LogP contribution in [0.2, 0.25) is 0 Å². The van der Waals surface area contributed by atoms with Gasteiger partial charge in [0.2, 0.25) is 5.89 Å². The van der Waals surface area contributed by atoms with Gasteiger partial charge in [-0.1, -0.05) is 140 Å². The minimum atomic E-state index is 0.633. The Bertz CT molecular complexity index is 3530. The van der Waals surface area contributed by atoms with E-state index in [1.165, 1.54) is 58.6 Å². The molecule has 0 aliphatic rings. The lowest BCUT2D eigenvalue weighted by Crippen LogP contribution is -2.09. The van der Waals surface area contributed by atoms with Crippen LogP contribution in [0.25, 0.3) is 97.3 Å². The summed E-state index contributed by atoms with van der Waals surface area (Å²) >= 11 is 1.86. The monoisotopic (exact) mass is 770 g/mol. The lowest BCUT2D eigenvalue weighted by atomic mass is 9.95. The molecule has 0 unspecified atom stereocenters. The molecule has 3 nitrogen and oxygen atoms in total. The van der Waals surface area contributed by atoms with Crippen molar-refractivity contribution in [3.05, 3.63) is 206 Å². The van der Waals surface area contributed by atoms with Crippen molar-refractivity contribution in [2.45, 2.75) is 0 Å². The number of aromatic nitrogens is 1. The average molecular weight is 771 g/mol. The fraction of sp³-hybridized carbons (Fsp3) is 0. The van der Waals surface area contributed by atoms with Gasteiger partial charge in [-0.25, -0.2) is 4.98 Å². The minimum absolute atomic E-state index is 0.633. The molecule has 0 aliphatic heterocycles. The van der Waals surface area contributed by atoms with E-state index in [1.807, 2.05) is 41.7 Å². The molecule has 0 fully saturated rings. The number of oxazole rings is 1. The largest absolute Gasteiger partial charge is 0.435 e. The molecular weight excluding hydrogens is 737 g/mol. The predicted octanol–water partition coefficient (Wildman–Crippen LogP) is 16.1. The van der Waals surface area contributed by atoms with E-state index in [0.717, 1.165) is 49.9 Å². The molecular formula is C55H34N2OS. The van der Waals surface area contributed by atoms with Gasteiger partial charge < -0.3 is 9.32 Å². The van der Waals surface area contributed by atoms with Crippen LogP contribution in [0.4, 0.5) is 17.1 Å². The molecule has 2 aromatic heterocycles. The van der Waals surface area contributed by atoms with Crippen LogP contribution in [0.3, 0.4) is 0 Å². The molecule has 0 spiro atoms. The van der Waals surface area contributed by atoms with Crippen LogP contribution in [0.1, 0.15) is 0 Å². The molecule has 0 N–H and O–H groups in total. The molecule has 0 saturated carbocycles. The SMILES string of the molecule is c1ccc(-c2ccc(N(c3ccc(-c4ccc5c(c4)sc4ccccc45)cc3)c3ccc4c(ccc5ccc6ccc7nc(-c8ccccc8)oc7c6c54)c3)cc2)cc1. The van der Waals surface area contributed by atoms with Crippen LogP contribution in [-0.2, 0) is 0 Å². The van der Waals surface area contributed by atoms with Gasteiger partial charge in [0.05, 0.1) is 0 Å². The first-order chi connectivity index (χ1) is 29.2. The first-order valence-electron chi connectivity index (χ1n) is 19.9. The van der Waals surface area contributed by atoms with Crippen molar-refractivity contribution in [3.8, 4) is 33.7 Å². The van der Waals surface area contributed by atoms with Crippen molar-refractivity contribution in [1.29, 1.82) is 0 Å². The summed E-state index contributed by atoms with van der Waals surface area (Å²) in [5.74, 6) is 0.633. The standard InChI is InChI=1S/C55H34N2OS/c1-3-9-35(10-4-1)36-19-25-43(26-20-36)57(44-27-21-37(22-28-44)41-23-30-48-47-13-7-8-14-50(47)59-51(48)34-41)45-29-31-46-42(33-45)18-17-38-15-16-39-24-32-49-54(53(39)52(38)46)58-55(56-49)40-11-5-2-6-12-40/h1-34H. The number of rotatable bonds is 6. The summed E-state index contributed by atoms with van der Waals surface area (Å²) in [7, 11) is 0. The van der Waals surface area contributed by atoms with E-state index in [-0.39, 0.29) is 0 Å². The molecule has 0 amide bonds. The maximum absolute atomic E-state index is 6.60. The van der Waals surface area contributed by atoms with Gasteiger partial charge in [0.1, 0.15) is 5.52 Å². The van der Waals surface area contributed by atoms with Crippen molar-refractivity contribution in [1.82, 2.24) is 4.98 Å². The molecule has 4 heteroatoms. The molecule has 276 valence electrons. The highest BCUT2D eigenvalue weighted by Gasteiger charge is 2.18. The number of anilines is 3. The number of thiophene rings is 1. The van der Waals surface area contributed by atoms with Gasteiger partial charge in [-0.15, -0.1) is 11.3 Å². The Labute approximate surface area is 344 Å². The van der Waals surface area contributed by atoms with Crippen LogP contribution < -0.4 is 4.90 Å². The molecule has 0 bridgehead atoms. The zero-order valence-corrected chi connectivity index (χ0v) is 32.7. The van der Waals surface area contributed by atoms with Gasteiger partial charge in [-0.05, 0) is 111 Å². The van der Waals surface area contributed by atoms with Crippen molar-refractivity contribution >= 4 is 92.0 Å². The van der Waals surface area contributed by atoms with Gasteiger partial charge in [0.15, 0.2) is 5.58 Å². The smallest absolute Gasteiger partial charge is 0.227 e. The first-order valence-corrected chi connectivity index (χ1v) is 20.8. The summed E-state index contributed by atoms with van der Waals surface area (Å²) < 4.78 is 9.23. The van der Waals surface area contributed by atoms with Crippen LogP contribution in [0.15, 0.2) is 211 Å². The summed E-state index contributed by atoms with van der Waals surface area (Å²) in [6, 6.07) is 74.1. The van der Waals surface area contributed by atoms with Crippen LogP contribution >= 0.6 is 11.3 Å². The highest BCUT2D eigenvalue weighted by molar-refractivity contribution is 7.25. The van der Waals surface area contributed by atoms with Crippen molar-refractivity contribution in [3.63, 3.8) is 0 Å². The molecule has 0 atom stereocenters. The average Bonchev–Trinajstić information content (AvgIpc) is 3.92. The Morgan fingerprint density at radius 2 is 0.915 bits per heavy atom. The third-order valence-electron chi connectivity index (χ3n) is 11.7. The second-order valence-electron chi connectivity index (χ2n) is 15.1. The fourth-order valence-electron chi connectivity index (χ4n) is 8.77. The predicted molar refractivity (Wildman–Crippen MR) is 250 cm³/mol. The van der Waals surface area contributed by atoms with Gasteiger partial charge in [-0.2, -0.15) is 0 Å². The molecule has 12 rings (SSSR count). The third-order valence-corrected chi connectivity index (χ3v) is 12.8. The van der Waals surface area contributed by atoms with E-state index in [4.69, 9.17) is 9.40 Å². The molecule has 0 radical (unpaired) electrons. The molecule has 0 saturated heterocycles. The Balaban J connectivity index is 0.992. The van der Waals surface area contributed by atoms with Crippen molar-refractivity contribution < 1.29 is 4.42 Å². The molecule has 10 aromatic carbocycles. The summed E-state index contributed by atoms with van der Waals surface area (Å²) in [5.41, 5.74) is 10.7. The number of fused-ring (bicyclic) bond motifs is 10. The van der Waals surface area contributed by atoms with Crippen molar-refractivity contribution in [2.24, 2.45) is 0 Å². The molecule has 12 aromatic rings. The summed E-state index contributed by atoms with van der Waals surface area (Å²) in [4.78, 5) is 7.29. The second kappa shape index (κ2) is 13.6. The quantitative estimate of drug-likeness (QED) is 0.158. The Morgan fingerprint density at radius 1 is 0.373 bits per heavy atom. The molecule has 0 aliphatic carbocycles. The lowest BCUT2D eigenvalue weighted by molar-refractivity contribution is 0.623. The lowest BCUT2D eigenvalue weighted by Gasteiger charge is -2.26. The van der Waals surface area contributed by atoms with Crippen LogP contribution in [0, 0.1) is 0 Å². The molecule has 59 heavy (non-hydrogen) atoms. The maximum atomic E-state index is 6.60. The van der Waals surface area contributed by atoms with Crippen molar-refractivity contribution in [2.75, 3.05) is 4.90 Å². The first kappa shape index (κ1) is 33.6. The number of hydrogen-bond donors (Lipinski definition) is 0. The Kier molecular flexibility index (Phi) is 7.72. The zero-order chi connectivity index (χ0) is 38.9. The molecule has 2 heterocycles. The van der Waals surface area contributed by atoms with Crippen LogP contribution in [0.5, 0.6) is 0 Å². The number of nitrogens with zero attached hydrogens (tertiary/aromatic N) is 2. The number of benzene rings is 10. The topological polar surface area (TPSA) is 29.3 Å². The summed E-state index contributed by atoms with van der Waals surface area (Å²) in [5, 5.41) is 9.52. The Morgan fingerprint density at radius 3 is 1.66 bits per heavy atom. The van der Waals surface area contributed by atoms with Gasteiger partial charge in [0.25, 0.3) is 0 Å². The summed E-state index contributed by atoms with van der Waals surface area (Å²) in [6.07, 6.45) is 0. The maximum Gasteiger partial charge on any atom is 0.227 e. The Hall–Kier alpha value is -7.53. The third kappa shape index (κ3) is 5.68. The normalized spacial score (nSPS) is 11.7.